The highest BCUT2D eigenvalue weighted by Crippen LogP contribution is 2.19. The Labute approximate surface area is 117 Å². The smallest absolute Gasteiger partial charge is 0.260 e. The second-order valence-corrected chi connectivity index (χ2v) is 4.86. The van der Waals surface area contributed by atoms with Crippen molar-refractivity contribution in [3.8, 4) is 0 Å². The number of hydrogen-bond acceptors (Lipinski definition) is 4. The number of benzene rings is 1. The fourth-order valence-electron chi connectivity index (χ4n) is 2.15. The number of carbonyl (C=O) groups is 3. The van der Waals surface area contributed by atoms with Crippen LogP contribution >= 0.6 is 0 Å². The molecule has 0 radical (unpaired) electrons. The first-order valence-corrected chi connectivity index (χ1v) is 6.38. The Kier molecular flexibility index (Phi) is 4.14. The fraction of sp³-hybridized carbons (Fsp3) is 0.357. The van der Waals surface area contributed by atoms with Gasteiger partial charge in [-0.3, -0.25) is 24.7 Å². The van der Waals surface area contributed by atoms with Crippen LogP contribution in [0, 0.1) is 0 Å². The van der Waals surface area contributed by atoms with Crippen molar-refractivity contribution in [2.24, 2.45) is 0 Å². The summed E-state index contributed by atoms with van der Waals surface area (Å²) in [5, 5.41) is 1.53. The largest absolute Gasteiger partial charge is 0.289 e. The molecule has 1 heterocycles. The van der Waals surface area contributed by atoms with Crippen LogP contribution in [-0.2, 0) is 16.0 Å². The molecule has 6 nitrogen and oxygen atoms in total. The average Bonchev–Trinajstić information content (AvgIpc) is 2.37. The van der Waals surface area contributed by atoms with Gasteiger partial charge in [0, 0.05) is 32.6 Å². The van der Waals surface area contributed by atoms with Crippen molar-refractivity contribution in [3.63, 3.8) is 0 Å². The third-order valence-electron chi connectivity index (χ3n) is 3.05. The molecule has 0 atom stereocenters. The monoisotopic (exact) mass is 275 g/mol. The number of hydrazine groups is 1. The zero-order chi connectivity index (χ0) is 14.7. The molecule has 0 unspecified atom stereocenters. The molecule has 0 saturated heterocycles. The first kappa shape index (κ1) is 14.2. The minimum atomic E-state index is -0.325. The van der Waals surface area contributed by atoms with Gasteiger partial charge in [-0.25, -0.2) is 5.01 Å². The minimum Gasteiger partial charge on any atom is -0.289 e. The Morgan fingerprint density at radius 3 is 2.70 bits per heavy atom. The number of hydrogen-bond donors (Lipinski definition) is 1. The van der Waals surface area contributed by atoms with Crippen LogP contribution in [0.5, 0.6) is 0 Å². The van der Waals surface area contributed by atoms with Gasteiger partial charge < -0.3 is 0 Å². The molecule has 0 saturated carbocycles. The number of fused-ring (bicyclic) bond motifs is 1. The lowest BCUT2D eigenvalue weighted by molar-refractivity contribution is -0.129. The van der Waals surface area contributed by atoms with Crippen LogP contribution in [0.2, 0.25) is 0 Å². The van der Waals surface area contributed by atoms with Gasteiger partial charge >= 0.3 is 0 Å². The van der Waals surface area contributed by atoms with Crippen LogP contribution in [0.3, 0.4) is 0 Å². The van der Waals surface area contributed by atoms with Crippen molar-refractivity contribution in [1.29, 1.82) is 0 Å². The van der Waals surface area contributed by atoms with Crippen LogP contribution in [0.15, 0.2) is 24.3 Å². The summed E-state index contributed by atoms with van der Waals surface area (Å²) in [5.74, 6) is -0.810. The quantitative estimate of drug-likeness (QED) is 0.629. The number of carbonyl (C=O) groups excluding carboxylic acids is 3. The lowest BCUT2D eigenvalue weighted by Gasteiger charge is -2.26. The molecule has 6 heteroatoms. The van der Waals surface area contributed by atoms with E-state index in [2.05, 4.69) is 5.43 Å². The lowest BCUT2D eigenvalue weighted by Crippen LogP contribution is -2.45. The highest BCUT2D eigenvalue weighted by molar-refractivity contribution is 6.09. The molecule has 1 aliphatic heterocycles. The van der Waals surface area contributed by atoms with Gasteiger partial charge in [-0.15, -0.1) is 0 Å². The Morgan fingerprint density at radius 1 is 1.30 bits per heavy atom. The van der Waals surface area contributed by atoms with Crippen LogP contribution in [-0.4, -0.2) is 48.3 Å². The van der Waals surface area contributed by atoms with Gasteiger partial charge in [0.05, 0.1) is 6.42 Å². The Hall–Kier alpha value is -2.21. The topological polar surface area (TPSA) is 69.7 Å². The predicted octanol–water partition coefficient (Wildman–Crippen LogP) is 0.194. The molecule has 3 amide bonds. The van der Waals surface area contributed by atoms with E-state index in [1.54, 1.807) is 38.4 Å². The van der Waals surface area contributed by atoms with E-state index in [1.807, 2.05) is 0 Å². The molecule has 0 aromatic heterocycles. The van der Waals surface area contributed by atoms with Crippen molar-refractivity contribution in [1.82, 2.24) is 15.3 Å². The van der Waals surface area contributed by atoms with Crippen LogP contribution in [0.4, 0.5) is 0 Å². The summed E-state index contributed by atoms with van der Waals surface area (Å²) in [6, 6.07) is 7.06. The van der Waals surface area contributed by atoms with Crippen molar-refractivity contribution < 1.29 is 14.4 Å². The first-order valence-electron chi connectivity index (χ1n) is 6.38. The predicted molar refractivity (Wildman–Crippen MR) is 72.6 cm³/mol. The van der Waals surface area contributed by atoms with Gasteiger partial charge in [0.15, 0.2) is 0 Å². The van der Waals surface area contributed by atoms with Gasteiger partial charge in [0.1, 0.15) is 0 Å². The number of imide groups is 1. The molecule has 0 fully saturated rings. The number of rotatable bonds is 4. The van der Waals surface area contributed by atoms with Crippen molar-refractivity contribution >= 4 is 17.7 Å². The second-order valence-electron chi connectivity index (χ2n) is 4.86. The van der Waals surface area contributed by atoms with E-state index in [1.165, 1.54) is 5.01 Å². The fourth-order valence-corrected chi connectivity index (χ4v) is 2.15. The third-order valence-corrected chi connectivity index (χ3v) is 3.05. The van der Waals surface area contributed by atoms with E-state index in [9.17, 15) is 14.4 Å². The molecule has 1 aromatic carbocycles. The van der Waals surface area contributed by atoms with E-state index >= 15 is 0 Å². The average molecular weight is 275 g/mol. The molecule has 1 aliphatic rings. The van der Waals surface area contributed by atoms with E-state index in [0.29, 0.717) is 5.56 Å². The van der Waals surface area contributed by atoms with Gasteiger partial charge in [0.2, 0.25) is 11.8 Å². The van der Waals surface area contributed by atoms with Gasteiger partial charge in [-0.05, 0) is 11.6 Å². The Balaban J connectivity index is 2.05. The number of amides is 3. The molecule has 0 spiro atoms. The molecule has 0 bridgehead atoms. The van der Waals surface area contributed by atoms with Crippen molar-refractivity contribution in [3.05, 3.63) is 35.4 Å². The highest BCUT2D eigenvalue weighted by Gasteiger charge is 2.30. The van der Waals surface area contributed by atoms with Crippen LogP contribution < -0.4 is 5.43 Å². The maximum atomic E-state index is 12.2. The third kappa shape index (κ3) is 3.03. The minimum absolute atomic E-state index is 0.0951. The number of nitrogens with zero attached hydrogens (tertiary/aromatic N) is 2. The Morgan fingerprint density at radius 2 is 2.00 bits per heavy atom. The summed E-state index contributed by atoms with van der Waals surface area (Å²) in [7, 11) is 3.40. The van der Waals surface area contributed by atoms with Gasteiger partial charge in [-0.2, -0.15) is 0 Å². The summed E-state index contributed by atoms with van der Waals surface area (Å²) >= 11 is 0. The van der Waals surface area contributed by atoms with Crippen molar-refractivity contribution in [2.45, 2.75) is 12.8 Å². The zero-order valence-electron chi connectivity index (χ0n) is 11.5. The molecule has 2 rings (SSSR count). The second kappa shape index (κ2) is 5.83. The summed E-state index contributed by atoms with van der Waals surface area (Å²) in [5.41, 5.74) is 3.86. The highest BCUT2D eigenvalue weighted by atomic mass is 16.2. The van der Waals surface area contributed by atoms with Gasteiger partial charge in [0.25, 0.3) is 5.91 Å². The SMILES string of the molecule is CN(C)NC(=O)CCN1C(=O)Cc2ccccc2C1=O. The zero-order valence-corrected chi connectivity index (χ0v) is 11.5. The summed E-state index contributed by atoms with van der Waals surface area (Å²) in [6.07, 6.45) is 0.301. The summed E-state index contributed by atoms with van der Waals surface area (Å²) in [4.78, 5) is 36.9. The molecular weight excluding hydrogens is 258 g/mol. The van der Waals surface area contributed by atoms with Crippen LogP contribution in [0.25, 0.3) is 0 Å². The summed E-state index contributed by atoms with van der Waals surface area (Å²) < 4.78 is 0. The van der Waals surface area contributed by atoms with E-state index in [4.69, 9.17) is 0 Å². The molecule has 1 aromatic rings. The number of nitrogens with one attached hydrogen (secondary N) is 1. The molecule has 20 heavy (non-hydrogen) atoms. The maximum Gasteiger partial charge on any atom is 0.260 e. The Bertz CT molecular complexity index is 554. The van der Waals surface area contributed by atoms with Crippen molar-refractivity contribution in [2.75, 3.05) is 20.6 Å². The normalized spacial score (nSPS) is 14.4. The molecular formula is C14H17N3O3. The molecule has 106 valence electrons. The maximum absolute atomic E-state index is 12.2. The van der Waals surface area contributed by atoms with Gasteiger partial charge in [-0.1, -0.05) is 18.2 Å². The summed E-state index contributed by atoms with van der Waals surface area (Å²) in [6.45, 7) is 0.103. The van der Waals surface area contributed by atoms with E-state index in [-0.39, 0.29) is 37.1 Å². The lowest BCUT2D eigenvalue weighted by atomic mass is 9.98. The van der Waals surface area contributed by atoms with E-state index < -0.39 is 0 Å². The first-order chi connectivity index (χ1) is 9.49. The van der Waals surface area contributed by atoms with Crippen LogP contribution in [0.1, 0.15) is 22.3 Å². The molecule has 0 aliphatic carbocycles. The molecule has 1 N–H and O–H groups in total. The van der Waals surface area contributed by atoms with E-state index in [0.717, 1.165) is 10.5 Å². The standard InChI is InChI=1S/C14H17N3O3/c1-16(2)15-12(18)7-8-17-13(19)9-10-5-3-4-6-11(10)14(17)20/h3-6H,7-9H2,1-2H3,(H,15,18).